The summed E-state index contributed by atoms with van der Waals surface area (Å²) in [5.41, 5.74) is 2.09. The lowest BCUT2D eigenvalue weighted by Gasteiger charge is -2.26. The average Bonchev–Trinajstić information content (AvgIpc) is 3.13. The van der Waals surface area contributed by atoms with Gasteiger partial charge in [-0.1, -0.05) is 66.6 Å². The molecule has 0 saturated carbocycles. The van der Waals surface area contributed by atoms with Gasteiger partial charge in [0.2, 0.25) is 0 Å². The highest BCUT2D eigenvalue weighted by Gasteiger charge is 2.34. The minimum atomic E-state index is -0.738. The van der Waals surface area contributed by atoms with Crippen LogP contribution in [0.2, 0.25) is 5.02 Å². The van der Waals surface area contributed by atoms with Gasteiger partial charge in [0.15, 0.2) is 4.80 Å². The summed E-state index contributed by atoms with van der Waals surface area (Å²) in [6, 6.07) is 14.1. The number of allylic oxidation sites excluding steroid dienone is 1. The number of benzene rings is 2. The Hall–Kier alpha value is -3.16. The summed E-state index contributed by atoms with van der Waals surface area (Å²) in [5.74, 6) is 0.286. The molecule has 2 aromatic carbocycles. The Balaban J connectivity index is 1.81. The lowest BCUT2D eigenvalue weighted by molar-refractivity contribution is -0.143. The van der Waals surface area contributed by atoms with Crippen molar-refractivity contribution >= 4 is 35.0 Å². The molecule has 0 aliphatic carbocycles. The van der Waals surface area contributed by atoms with E-state index < -0.39 is 12.0 Å². The van der Waals surface area contributed by atoms with Crippen molar-refractivity contribution in [1.82, 2.24) is 4.57 Å². The van der Waals surface area contributed by atoms with Crippen LogP contribution in [0.25, 0.3) is 6.08 Å². The number of rotatable bonds is 8. The predicted octanol–water partition coefficient (Wildman–Crippen LogP) is 5.02. The molecule has 0 bridgehead atoms. The van der Waals surface area contributed by atoms with Gasteiger partial charge in [0.05, 0.1) is 28.5 Å². The van der Waals surface area contributed by atoms with Crippen molar-refractivity contribution in [3.8, 4) is 5.75 Å². The summed E-state index contributed by atoms with van der Waals surface area (Å²) in [6.45, 7) is 8.13. The van der Waals surface area contributed by atoms with E-state index in [1.54, 1.807) is 31.4 Å². The zero-order valence-corrected chi connectivity index (χ0v) is 22.4. The number of carbonyl (C=O) groups excluding carboxylic acids is 1. The van der Waals surface area contributed by atoms with E-state index in [-0.39, 0.29) is 11.7 Å². The van der Waals surface area contributed by atoms with Gasteiger partial charge in [-0.15, -0.1) is 0 Å². The Labute approximate surface area is 219 Å². The second-order valence-corrected chi connectivity index (χ2v) is 10.2. The molecule has 8 heteroatoms. The molecule has 3 aromatic rings. The fourth-order valence-corrected chi connectivity index (χ4v) is 5.28. The van der Waals surface area contributed by atoms with Gasteiger partial charge >= 0.3 is 5.97 Å². The number of nitrogens with zero attached hydrogens (tertiary/aromatic N) is 2. The van der Waals surface area contributed by atoms with Crippen LogP contribution in [0, 0.1) is 0 Å². The van der Waals surface area contributed by atoms with E-state index in [9.17, 15) is 9.59 Å². The van der Waals surface area contributed by atoms with Crippen molar-refractivity contribution in [2.75, 3.05) is 6.61 Å². The fraction of sp³-hybridized carbons (Fsp3) is 0.321. The minimum absolute atomic E-state index is 0.241. The molecule has 4 rings (SSSR count). The van der Waals surface area contributed by atoms with E-state index in [4.69, 9.17) is 21.1 Å². The maximum Gasteiger partial charge on any atom is 0.338 e. The average molecular weight is 525 g/mol. The Kier molecular flexibility index (Phi) is 8.11. The van der Waals surface area contributed by atoms with Gasteiger partial charge in [-0.3, -0.25) is 9.36 Å². The quantitative estimate of drug-likeness (QED) is 0.306. The molecule has 1 aliphatic heterocycles. The largest absolute Gasteiger partial charge is 0.494 e. The topological polar surface area (TPSA) is 69.9 Å². The normalized spacial score (nSPS) is 15.6. The van der Waals surface area contributed by atoms with E-state index >= 15 is 0 Å². The number of unbranched alkanes of at least 4 members (excludes halogenated alkanes) is 1. The highest BCUT2D eigenvalue weighted by molar-refractivity contribution is 7.07. The van der Waals surface area contributed by atoms with Gasteiger partial charge in [-0.05, 0) is 62.6 Å². The smallest absolute Gasteiger partial charge is 0.338 e. The Morgan fingerprint density at radius 3 is 2.58 bits per heavy atom. The summed E-state index contributed by atoms with van der Waals surface area (Å²) >= 11 is 7.84. The van der Waals surface area contributed by atoms with Crippen LogP contribution >= 0.6 is 22.9 Å². The third-order valence-electron chi connectivity index (χ3n) is 5.73. The van der Waals surface area contributed by atoms with Crippen molar-refractivity contribution < 1.29 is 14.3 Å². The highest BCUT2D eigenvalue weighted by atomic mass is 35.5. The van der Waals surface area contributed by atoms with Crippen LogP contribution in [0.1, 0.15) is 57.7 Å². The molecule has 0 fully saturated rings. The second-order valence-electron chi connectivity index (χ2n) is 8.83. The van der Waals surface area contributed by atoms with E-state index in [1.165, 1.54) is 11.3 Å². The third-order valence-corrected chi connectivity index (χ3v) is 7.06. The molecule has 1 unspecified atom stereocenters. The summed E-state index contributed by atoms with van der Waals surface area (Å²) in [6.07, 6.45) is 3.59. The lowest BCUT2D eigenvalue weighted by Crippen LogP contribution is -2.40. The maximum atomic E-state index is 13.7. The molecule has 0 amide bonds. The molecular formula is C28H29ClN2O4S. The van der Waals surface area contributed by atoms with Crippen molar-refractivity contribution in [2.24, 2.45) is 4.99 Å². The van der Waals surface area contributed by atoms with Crippen LogP contribution in [0.3, 0.4) is 0 Å². The SMILES string of the molecule is CCCCOc1ccc(C=c2sc3n(c2=O)C(c2ccccc2Cl)C(C(=O)OC(C)C)=C(C)N=3)cc1. The highest BCUT2D eigenvalue weighted by Crippen LogP contribution is 2.34. The minimum Gasteiger partial charge on any atom is -0.494 e. The van der Waals surface area contributed by atoms with E-state index in [2.05, 4.69) is 11.9 Å². The number of carbonyl (C=O) groups is 1. The van der Waals surface area contributed by atoms with Crippen LogP contribution in [0.15, 0.2) is 69.6 Å². The van der Waals surface area contributed by atoms with Gasteiger partial charge in [-0.25, -0.2) is 9.79 Å². The first-order valence-electron chi connectivity index (χ1n) is 12.0. The Morgan fingerprint density at radius 2 is 1.92 bits per heavy atom. The molecule has 0 spiro atoms. The molecule has 0 saturated heterocycles. The molecule has 36 heavy (non-hydrogen) atoms. The molecule has 1 aliphatic rings. The lowest BCUT2D eigenvalue weighted by atomic mass is 9.96. The van der Waals surface area contributed by atoms with Crippen LogP contribution in [-0.2, 0) is 9.53 Å². The number of aromatic nitrogens is 1. The standard InChI is InChI=1S/C28H29ClN2O4S/c1-5-6-15-34-20-13-11-19(12-14-20)16-23-26(32)31-25(21-9-7-8-10-22(21)29)24(27(33)35-17(2)3)18(4)30-28(31)36-23/h7-14,16-17,25H,5-6,15H2,1-4H3. The van der Waals surface area contributed by atoms with E-state index in [0.29, 0.717) is 37.8 Å². The summed E-state index contributed by atoms with van der Waals surface area (Å²) < 4.78 is 13.3. The number of fused-ring (bicyclic) bond motifs is 1. The number of esters is 1. The van der Waals surface area contributed by atoms with E-state index in [0.717, 1.165) is 24.2 Å². The van der Waals surface area contributed by atoms with Crippen molar-refractivity contribution in [1.29, 1.82) is 0 Å². The zero-order valence-electron chi connectivity index (χ0n) is 20.8. The first-order chi connectivity index (χ1) is 17.3. The zero-order chi connectivity index (χ0) is 25.8. The predicted molar refractivity (Wildman–Crippen MR) is 143 cm³/mol. The maximum absolute atomic E-state index is 13.7. The molecule has 2 heterocycles. The van der Waals surface area contributed by atoms with Gasteiger partial charge in [0.25, 0.3) is 5.56 Å². The molecule has 1 atom stereocenters. The Morgan fingerprint density at radius 1 is 1.19 bits per heavy atom. The van der Waals surface area contributed by atoms with Gasteiger partial charge in [0.1, 0.15) is 11.8 Å². The third kappa shape index (κ3) is 5.47. The number of hydrogen-bond donors (Lipinski definition) is 0. The number of ether oxygens (including phenoxy) is 2. The number of halogens is 1. The van der Waals surface area contributed by atoms with Crippen molar-refractivity contribution in [2.45, 2.75) is 52.7 Å². The van der Waals surface area contributed by atoms with Crippen molar-refractivity contribution in [3.05, 3.63) is 95.6 Å². The summed E-state index contributed by atoms with van der Waals surface area (Å²) in [4.78, 5) is 32.0. The summed E-state index contributed by atoms with van der Waals surface area (Å²) in [5, 5.41) is 0.459. The Bertz CT molecular complexity index is 1470. The molecular weight excluding hydrogens is 496 g/mol. The van der Waals surface area contributed by atoms with Gasteiger partial charge in [-0.2, -0.15) is 0 Å². The van der Waals surface area contributed by atoms with Gasteiger partial charge in [0, 0.05) is 5.02 Å². The van der Waals surface area contributed by atoms with Crippen LogP contribution < -0.4 is 19.6 Å². The second kappa shape index (κ2) is 11.3. The molecule has 0 radical (unpaired) electrons. The van der Waals surface area contributed by atoms with E-state index in [1.807, 2.05) is 48.5 Å². The molecule has 0 N–H and O–H groups in total. The van der Waals surface area contributed by atoms with Crippen LogP contribution in [0.4, 0.5) is 0 Å². The van der Waals surface area contributed by atoms with Crippen molar-refractivity contribution in [3.63, 3.8) is 0 Å². The first-order valence-corrected chi connectivity index (χ1v) is 13.2. The van der Waals surface area contributed by atoms with Gasteiger partial charge < -0.3 is 9.47 Å². The number of thiazole rings is 1. The monoisotopic (exact) mass is 524 g/mol. The summed E-state index contributed by atoms with van der Waals surface area (Å²) in [7, 11) is 0. The molecule has 6 nitrogen and oxygen atoms in total. The molecule has 1 aromatic heterocycles. The van der Waals surface area contributed by atoms with Crippen LogP contribution in [0.5, 0.6) is 5.75 Å². The molecule has 188 valence electrons. The first kappa shape index (κ1) is 25.9. The van der Waals surface area contributed by atoms with Crippen LogP contribution in [-0.4, -0.2) is 23.2 Å². The number of hydrogen-bond acceptors (Lipinski definition) is 6. The fourth-order valence-electron chi connectivity index (χ4n) is 4.00.